The van der Waals surface area contributed by atoms with Crippen molar-refractivity contribution >= 4 is 29.6 Å². The van der Waals surface area contributed by atoms with E-state index in [2.05, 4.69) is 16.0 Å². The Bertz CT molecular complexity index is 1320. The molecule has 1 heterocycles. The van der Waals surface area contributed by atoms with Gasteiger partial charge in [0.25, 0.3) is 11.8 Å². The van der Waals surface area contributed by atoms with Gasteiger partial charge in [-0.1, -0.05) is 78.8 Å². The Labute approximate surface area is 280 Å². The molecule has 1 aromatic carbocycles. The van der Waals surface area contributed by atoms with Crippen LogP contribution in [0.25, 0.3) is 0 Å². The number of hydrogen-bond acceptors (Lipinski definition) is 8. The lowest BCUT2D eigenvalue weighted by atomic mass is 9.85. The fourth-order valence-corrected chi connectivity index (χ4v) is 5.93. The highest BCUT2D eigenvalue weighted by molar-refractivity contribution is 6.37. The predicted molar refractivity (Wildman–Crippen MR) is 173 cm³/mol. The normalized spacial score (nSPS) is 22.8. The number of likely N-dealkylation sites (tertiary alicyclic amines) is 1. The summed E-state index contributed by atoms with van der Waals surface area (Å²) in [6.45, 7) is 12.9. The maximum Gasteiger partial charge on any atom is 0.329 e. The Morgan fingerprint density at radius 1 is 1.06 bits per heavy atom. The summed E-state index contributed by atoms with van der Waals surface area (Å²) in [7, 11) is 0. The standard InChI is InChI=1S/C34H51F2N5O7/c1-18(2)21-13-24(29(44)38-23(26(42)28(37)43)14-22-15-34(22,35)36)41(16-21)30(45)27(33(5,6)7)40-32(47)39-25(19(3)4)31(46)48-17-20-11-9-8-10-12-20/h8-12,18-19,21-25,27,29,38,44H,13-17H2,1-7H3,(H2,37,43)(H2,39,40,47)/t21-,22?,23?,24+,25+,27-,29?/m1/s1. The molecule has 2 aliphatic rings. The van der Waals surface area contributed by atoms with Crippen molar-refractivity contribution in [3.8, 4) is 0 Å². The van der Waals surface area contributed by atoms with Gasteiger partial charge in [-0.2, -0.15) is 0 Å². The first-order chi connectivity index (χ1) is 22.2. The Kier molecular flexibility index (Phi) is 12.7. The molecule has 14 heteroatoms. The van der Waals surface area contributed by atoms with Crippen LogP contribution in [-0.4, -0.2) is 82.5 Å². The number of rotatable bonds is 15. The second-order valence-electron chi connectivity index (χ2n) is 14.8. The average Bonchev–Trinajstić information content (AvgIpc) is 3.37. The van der Waals surface area contributed by atoms with E-state index in [9.17, 15) is 37.9 Å². The number of halogens is 2. The number of primary amides is 1. The van der Waals surface area contributed by atoms with E-state index in [1.165, 1.54) is 4.90 Å². The van der Waals surface area contributed by atoms with Crippen molar-refractivity contribution in [2.75, 3.05) is 6.54 Å². The van der Waals surface area contributed by atoms with Crippen LogP contribution in [0.4, 0.5) is 13.6 Å². The van der Waals surface area contributed by atoms with Crippen molar-refractivity contribution in [3.63, 3.8) is 0 Å². The number of ether oxygens (including phenoxy) is 1. The van der Waals surface area contributed by atoms with Crippen molar-refractivity contribution in [2.24, 2.45) is 34.8 Å². The van der Waals surface area contributed by atoms with Crippen LogP contribution in [-0.2, 0) is 30.5 Å². The van der Waals surface area contributed by atoms with Gasteiger partial charge in [0.2, 0.25) is 11.7 Å². The van der Waals surface area contributed by atoms with E-state index in [0.717, 1.165) is 5.56 Å². The third-order valence-corrected chi connectivity index (χ3v) is 9.19. The quantitative estimate of drug-likeness (QED) is 0.107. The van der Waals surface area contributed by atoms with Crippen LogP contribution >= 0.6 is 0 Å². The third-order valence-electron chi connectivity index (χ3n) is 9.19. The van der Waals surface area contributed by atoms with Crippen molar-refractivity contribution in [1.29, 1.82) is 0 Å². The highest BCUT2D eigenvalue weighted by Crippen LogP contribution is 2.51. The number of Topliss-reactive ketones (excluding diaryl/α,β-unsaturated/α-hetero) is 1. The summed E-state index contributed by atoms with van der Waals surface area (Å²) in [5.74, 6) is -8.07. The van der Waals surface area contributed by atoms with Crippen LogP contribution in [0.5, 0.6) is 0 Å². The van der Waals surface area contributed by atoms with Gasteiger partial charge in [-0.3, -0.25) is 19.7 Å². The minimum atomic E-state index is -2.97. The number of alkyl halides is 2. The summed E-state index contributed by atoms with van der Waals surface area (Å²) >= 11 is 0. The number of benzene rings is 1. The number of nitrogens with zero attached hydrogens (tertiary/aromatic N) is 1. The van der Waals surface area contributed by atoms with Crippen molar-refractivity contribution in [1.82, 2.24) is 20.9 Å². The van der Waals surface area contributed by atoms with Gasteiger partial charge in [-0.05, 0) is 41.6 Å². The Morgan fingerprint density at radius 3 is 2.17 bits per heavy atom. The maximum absolute atomic E-state index is 14.2. The largest absolute Gasteiger partial charge is 0.459 e. The van der Waals surface area contributed by atoms with E-state index in [-0.39, 0.29) is 30.9 Å². The summed E-state index contributed by atoms with van der Waals surface area (Å²) in [6.07, 6.45) is -2.12. The molecule has 1 aliphatic heterocycles. The Balaban J connectivity index is 1.77. The molecule has 0 radical (unpaired) electrons. The molecule has 6 N–H and O–H groups in total. The van der Waals surface area contributed by atoms with Gasteiger partial charge in [0.1, 0.15) is 24.9 Å². The molecule has 2 fully saturated rings. The molecule has 0 bridgehead atoms. The lowest BCUT2D eigenvalue weighted by molar-refractivity contribution is -0.148. The second kappa shape index (κ2) is 15.7. The van der Waals surface area contributed by atoms with E-state index < -0.39 is 90.1 Å². The number of carbonyl (C=O) groups is 5. The molecule has 268 valence electrons. The molecule has 3 unspecified atom stereocenters. The lowest BCUT2D eigenvalue weighted by Crippen LogP contribution is -2.62. The SMILES string of the molecule is CC(C)[C@@H]1C[C@@H](C(O)NC(CC2CC2(F)F)C(=O)C(N)=O)N(C(=O)[C@@H](NC(=O)N[C@H](C(=O)OCc2ccccc2)C(C)C)C(C)(C)C)C1. The van der Waals surface area contributed by atoms with E-state index >= 15 is 0 Å². The molecule has 1 aliphatic carbocycles. The number of hydrogen-bond donors (Lipinski definition) is 5. The van der Waals surface area contributed by atoms with Gasteiger partial charge in [-0.15, -0.1) is 0 Å². The molecule has 12 nitrogen and oxygen atoms in total. The average molecular weight is 680 g/mol. The summed E-state index contributed by atoms with van der Waals surface area (Å²) in [5.41, 5.74) is 5.12. The van der Waals surface area contributed by atoms with Crippen molar-refractivity contribution in [3.05, 3.63) is 35.9 Å². The minimum absolute atomic E-state index is 0.0218. The number of nitrogens with two attached hydrogens (primary N) is 1. The van der Waals surface area contributed by atoms with Gasteiger partial charge in [0.05, 0.1) is 12.1 Å². The molecule has 1 saturated carbocycles. The number of aliphatic hydroxyl groups excluding tert-OH is 1. The van der Waals surface area contributed by atoms with E-state index in [4.69, 9.17) is 10.5 Å². The first-order valence-electron chi connectivity index (χ1n) is 16.5. The van der Waals surface area contributed by atoms with Gasteiger partial charge in [-0.25, -0.2) is 18.4 Å². The molecule has 1 aromatic rings. The highest BCUT2D eigenvalue weighted by atomic mass is 19.3. The number of nitrogens with one attached hydrogen (secondary N) is 3. The van der Waals surface area contributed by atoms with Crippen LogP contribution in [0, 0.1) is 29.1 Å². The van der Waals surface area contributed by atoms with E-state index in [1.54, 1.807) is 46.8 Å². The molecule has 4 amide bonds. The molecule has 1 saturated heterocycles. The van der Waals surface area contributed by atoms with Crippen LogP contribution < -0.4 is 21.7 Å². The van der Waals surface area contributed by atoms with Crippen LogP contribution in [0.2, 0.25) is 0 Å². The molecule has 3 rings (SSSR count). The molecular weight excluding hydrogens is 628 g/mol. The number of aliphatic hydroxyl groups is 1. The zero-order valence-corrected chi connectivity index (χ0v) is 28.8. The van der Waals surface area contributed by atoms with Gasteiger partial charge in [0, 0.05) is 18.9 Å². The number of esters is 1. The minimum Gasteiger partial charge on any atom is -0.459 e. The Hall–Kier alpha value is -3.65. The molecule has 0 spiro atoms. The zero-order valence-electron chi connectivity index (χ0n) is 28.8. The van der Waals surface area contributed by atoms with E-state index in [0.29, 0.717) is 6.42 Å². The first-order valence-corrected chi connectivity index (χ1v) is 16.5. The summed E-state index contributed by atoms with van der Waals surface area (Å²) in [5, 5.41) is 19.3. The number of carbonyl (C=O) groups excluding carboxylic acids is 5. The predicted octanol–water partition coefficient (Wildman–Crippen LogP) is 2.72. The van der Waals surface area contributed by atoms with Gasteiger partial charge in [0.15, 0.2) is 0 Å². The lowest BCUT2D eigenvalue weighted by Gasteiger charge is -2.38. The van der Waals surface area contributed by atoms with Gasteiger partial charge < -0.3 is 31.1 Å². The van der Waals surface area contributed by atoms with Crippen LogP contribution in [0.15, 0.2) is 30.3 Å². The van der Waals surface area contributed by atoms with Crippen LogP contribution in [0.3, 0.4) is 0 Å². The van der Waals surface area contributed by atoms with Crippen LogP contribution in [0.1, 0.15) is 73.3 Å². The molecule has 48 heavy (non-hydrogen) atoms. The number of amides is 4. The molecule has 0 aromatic heterocycles. The summed E-state index contributed by atoms with van der Waals surface area (Å²) in [4.78, 5) is 66.2. The highest BCUT2D eigenvalue weighted by Gasteiger charge is 2.58. The fraction of sp³-hybridized carbons (Fsp3) is 0.676. The zero-order chi connectivity index (χ0) is 36.1. The van der Waals surface area contributed by atoms with Crippen molar-refractivity contribution < 1.29 is 42.6 Å². The summed E-state index contributed by atoms with van der Waals surface area (Å²) < 4.78 is 32.9. The Morgan fingerprint density at radius 2 is 1.67 bits per heavy atom. The topological polar surface area (TPSA) is 180 Å². The number of ketones is 1. The van der Waals surface area contributed by atoms with Gasteiger partial charge >= 0.3 is 12.0 Å². The summed E-state index contributed by atoms with van der Waals surface area (Å²) in [6, 6.07) is 3.78. The third kappa shape index (κ3) is 10.2. The second-order valence-corrected chi connectivity index (χ2v) is 14.8. The smallest absolute Gasteiger partial charge is 0.329 e. The molecular formula is C34H51F2N5O7. The monoisotopic (exact) mass is 679 g/mol. The first kappa shape index (κ1) is 38.8. The number of urea groups is 1. The van der Waals surface area contributed by atoms with E-state index in [1.807, 2.05) is 32.0 Å². The fourth-order valence-electron chi connectivity index (χ4n) is 5.93. The maximum atomic E-state index is 14.2. The van der Waals surface area contributed by atoms with Crippen molar-refractivity contribution in [2.45, 2.75) is 111 Å². The molecule has 7 atom stereocenters.